The number of hydrogen-bond acceptors (Lipinski definition) is 2. The Morgan fingerprint density at radius 1 is 1.05 bits per heavy atom. The lowest BCUT2D eigenvalue weighted by Crippen LogP contribution is -2.25. The topological polar surface area (TPSA) is 41.1 Å². The quantitative estimate of drug-likeness (QED) is 0.843. The van der Waals surface area contributed by atoms with E-state index in [1.807, 2.05) is 30.3 Å². The van der Waals surface area contributed by atoms with Crippen molar-refractivity contribution in [3.05, 3.63) is 64.2 Å². The summed E-state index contributed by atoms with van der Waals surface area (Å²) >= 11 is 6.06. The Kier molecular flexibility index (Phi) is 5.84. The molecule has 0 saturated heterocycles. The minimum absolute atomic E-state index is 0.0126. The number of rotatable bonds is 6. The molecule has 2 N–H and O–H groups in total. The molecule has 0 fully saturated rings. The number of anilines is 1. The summed E-state index contributed by atoms with van der Waals surface area (Å²) in [7, 11) is 0. The predicted molar refractivity (Wildman–Crippen MR) is 92.3 cm³/mol. The lowest BCUT2D eigenvalue weighted by atomic mass is 10.1. The van der Waals surface area contributed by atoms with E-state index < -0.39 is 0 Å². The van der Waals surface area contributed by atoms with E-state index in [1.54, 1.807) is 0 Å². The Hall–Kier alpha value is -2.00. The molecule has 0 aromatic heterocycles. The largest absolute Gasteiger partial charge is 0.384 e. The summed E-state index contributed by atoms with van der Waals surface area (Å²) in [5.41, 5.74) is 4.43. The molecule has 0 aliphatic rings. The van der Waals surface area contributed by atoms with Crippen LogP contribution in [-0.2, 0) is 11.3 Å². The molecule has 0 aliphatic heterocycles. The fourth-order valence-corrected chi connectivity index (χ4v) is 2.52. The van der Waals surface area contributed by atoms with Crippen molar-refractivity contribution in [2.75, 3.05) is 11.9 Å². The van der Waals surface area contributed by atoms with Gasteiger partial charge in [-0.3, -0.25) is 4.79 Å². The van der Waals surface area contributed by atoms with Crippen LogP contribution in [0.25, 0.3) is 0 Å². The molecule has 0 atom stereocenters. The highest BCUT2D eigenvalue weighted by molar-refractivity contribution is 6.31. The number of benzene rings is 2. The van der Waals surface area contributed by atoms with E-state index in [0.717, 1.165) is 11.3 Å². The molecule has 1 amide bonds. The number of amides is 1. The van der Waals surface area contributed by atoms with Crippen molar-refractivity contribution in [1.29, 1.82) is 0 Å². The lowest BCUT2D eigenvalue weighted by molar-refractivity contribution is -0.121. The maximum absolute atomic E-state index is 11.9. The van der Waals surface area contributed by atoms with E-state index in [9.17, 15) is 4.79 Å². The Balaban J connectivity index is 1.78. The molecule has 0 spiro atoms. The average Bonchev–Trinajstić information content (AvgIpc) is 2.49. The molecule has 0 heterocycles. The molecule has 3 nitrogen and oxygen atoms in total. The van der Waals surface area contributed by atoms with E-state index in [4.69, 9.17) is 11.6 Å². The fraction of sp³-hybridized carbons (Fsp3) is 0.278. The van der Waals surface area contributed by atoms with Crippen LogP contribution < -0.4 is 10.6 Å². The van der Waals surface area contributed by atoms with Gasteiger partial charge in [0, 0.05) is 30.2 Å². The molecule has 0 unspecified atom stereocenters. The van der Waals surface area contributed by atoms with Crippen LogP contribution in [0.4, 0.5) is 5.69 Å². The number of carbonyl (C=O) groups is 1. The average molecular weight is 317 g/mol. The Bertz CT molecular complexity index is 635. The summed E-state index contributed by atoms with van der Waals surface area (Å²) in [5.74, 6) is 0.0126. The highest BCUT2D eigenvalue weighted by atomic mass is 35.5. The highest BCUT2D eigenvalue weighted by Crippen LogP contribution is 2.19. The van der Waals surface area contributed by atoms with Gasteiger partial charge in [0.1, 0.15) is 0 Å². The van der Waals surface area contributed by atoms with Gasteiger partial charge in [-0.2, -0.15) is 0 Å². The van der Waals surface area contributed by atoms with E-state index in [1.165, 1.54) is 11.1 Å². The number of nitrogens with one attached hydrogen (secondary N) is 2. The minimum atomic E-state index is 0.0126. The van der Waals surface area contributed by atoms with Gasteiger partial charge in [0.25, 0.3) is 0 Å². The van der Waals surface area contributed by atoms with Gasteiger partial charge >= 0.3 is 0 Å². The molecule has 0 saturated carbocycles. The zero-order valence-electron chi connectivity index (χ0n) is 12.9. The molecule has 116 valence electrons. The standard InChI is InChI=1S/C18H21ClN2O/c1-13-6-5-7-14(2)18(13)20-11-10-17(22)21-12-15-8-3-4-9-16(15)19/h3-9,20H,10-12H2,1-2H3,(H,21,22). The summed E-state index contributed by atoms with van der Waals surface area (Å²) in [6.45, 7) is 5.20. The van der Waals surface area contributed by atoms with Crippen molar-refractivity contribution in [3.8, 4) is 0 Å². The molecule has 22 heavy (non-hydrogen) atoms. The monoisotopic (exact) mass is 316 g/mol. The van der Waals surface area contributed by atoms with Crippen LogP contribution in [0.15, 0.2) is 42.5 Å². The first-order valence-electron chi connectivity index (χ1n) is 7.38. The lowest BCUT2D eigenvalue weighted by Gasteiger charge is -2.12. The minimum Gasteiger partial charge on any atom is -0.384 e. The third-order valence-electron chi connectivity index (χ3n) is 3.57. The van der Waals surface area contributed by atoms with Gasteiger partial charge in [-0.15, -0.1) is 0 Å². The van der Waals surface area contributed by atoms with Gasteiger partial charge in [-0.05, 0) is 36.6 Å². The first kappa shape index (κ1) is 16.4. The van der Waals surface area contributed by atoms with Crippen molar-refractivity contribution < 1.29 is 4.79 Å². The number of hydrogen-bond donors (Lipinski definition) is 2. The van der Waals surface area contributed by atoms with Crippen molar-refractivity contribution in [1.82, 2.24) is 5.32 Å². The Morgan fingerprint density at radius 2 is 1.73 bits per heavy atom. The summed E-state index contributed by atoms with van der Waals surface area (Å²) in [6, 6.07) is 13.7. The molecule has 2 aromatic rings. The number of para-hydroxylation sites is 1. The molecule has 0 aliphatic carbocycles. The molecular weight excluding hydrogens is 296 g/mol. The van der Waals surface area contributed by atoms with Crippen LogP contribution in [0.3, 0.4) is 0 Å². The zero-order chi connectivity index (χ0) is 15.9. The number of aryl methyl sites for hydroxylation is 2. The van der Waals surface area contributed by atoms with E-state index >= 15 is 0 Å². The Morgan fingerprint density at radius 3 is 2.41 bits per heavy atom. The normalized spacial score (nSPS) is 10.3. The first-order chi connectivity index (χ1) is 10.6. The molecular formula is C18H21ClN2O. The van der Waals surface area contributed by atoms with E-state index in [-0.39, 0.29) is 5.91 Å². The summed E-state index contributed by atoms with van der Waals surface area (Å²) in [5, 5.41) is 6.90. The van der Waals surface area contributed by atoms with Crippen molar-refractivity contribution in [2.45, 2.75) is 26.8 Å². The first-order valence-corrected chi connectivity index (χ1v) is 7.76. The van der Waals surface area contributed by atoms with Gasteiger partial charge in [-0.25, -0.2) is 0 Å². The van der Waals surface area contributed by atoms with E-state index in [0.29, 0.717) is 24.5 Å². The van der Waals surface area contributed by atoms with Gasteiger partial charge in [0.2, 0.25) is 5.91 Å². The second kappa shape index (κ2) is 7.85. The van der Waals surface area contributed by atoms with Crippen LogP contribution in [0.5, 0.6) is 0 Å². The van der Waals surface area contributed by atoms with Gasteiger partial charge < -0.3 is 10.6 Å². The third kappa shape index (κ3) is 4.50. The summed E-state index contributed by atoms with van der Waals surface area (Å²) in [4.78, 5) is 11.9. The molecule has 4 heteroatoms. The van der Waals surface area contributed by atoms with E-state index in [2.05, 4.69) is 36.6 Å². The van der Waals surface area contributed by atoms with Crippen molar-refractivity contribution in [3.63, 3.8) is 0 Å². The summed E-state index contributed by atoms with van der Waals surface area (Å²) in [6.07, 6.45) is 0.429. The highest BCUT2D eigenvalue weighted by Gasteiger charge is 2.05. The summed E-state index contributed by atoms with van der Waals surface area (Å²) < 4.78 is 0. The molecule has 0 bridgehead atoms. The smallest absolute Gasteiger partial charge is 0.222 e. The second-order valence-electron chi connectivity index (χ2n) is 5.31. The number of halogens is 1. The predicted octanol–water partition coefficient (Wildman–Crippen LogP) is 4.08. The maximum Gasteiger partial charge on any atom is 0.222 e. The fourth-order valence-electron chi connectivity index (χ4n) is 2.32. The molecule has 0 radical (unpaired) electrons. The van der Waals surface area contributed by atoms with Gasteiger partial charge in [0.15, 0.2) is 0 Å². The van der Waals surface area contributed by atoms with Crippen molar-refractivity contribution >= 4 is 23.2 Å². The van der Waals surface area contributed by atoms with Crippen LogP contribution in [-0.4, -0.2) is 12.5 Å². The van der Waals surface area contributed by atoms with Gasteiger partial charge in [0.05, 0.1) is 0 Å². The molecule has 2 rings (SSSR count). The zero-order valence-corrected chi connectivity index (χ0v) is 13.7. The third-order valence-corrected chi connectivity index (χ3v) is 3.94. The second-order valence-corrected chi connectivity index (χ2v) is 5.72. The van der Waals surface area contributed by atoms with Crippen LogP contribution in [0.1, 0.15) is 23.1 Å². The van der Waals surface area contributed by atoms with Crippen LogP contribution in [0, 0.1) is 13.8 Å². The van der Waals surface area contributed by atoms with Gasteiger partial charge in [-0.1, -0.05) is 48.0 Å². The van der Waals surface area contributed by atoms with Crippen LogP contribution in [0.2, 0.25) is 5.02 Å². The van der Waals surface area contributed by atoms with Crippen molar-refractivity contribution in [2.24, 2.45) is 0 Å². The Labute approximate surface area is 136 Å². The molecule has 2 aromatic carbocycles. The maximum atomic E-state index is 11.9. The van der Waals surface area contributed by atoms with Crippen LogP contribution >= 0.6 is 11.6 Å². The SMILES string of the molecule is Cc1cccc(C)c1NCCC(=O)NCc1ccccc1Cl. The number of carbonyl (C=O) groups excluding carboxylic acids is 1.